The first-order valence-electron chi connectivity index (χ1n) is 6.47. The highest BCUT2D eigenvalue weighted by Gasteiger charge is 2.19. The number of rotatable bonds is 3. The lowest BCUT2D eigenvalue weighted by Gasteiger charge is -2.26. The second kappa shape index (κ2) is 5.74. The van der Waals surface area contributed by atoms with Crippen molar-refractivity contribution in [3.8, 4) is 0 Å². The van der Waals surface area contributed by atoms with Crippen molar-refractivity contribution in [2.24, 2.45) is 0 Å². The summed E-state index contributed by atoms with van der Waals surface area (Å²) in [5.41, 5.74) is 3.72. The van der Waals surface area contributed by atoms with Crippen molar-refractivity contribution in [3.63, 3.8) is 0 Å². The van der Waals surface area contributed by atoms with E-state index in [4.69, 9.17) is 16.3 Å². The van der Waals surface area contributed by atoms with Gasteiger partial charge in [0.15, 0.2) is 0 Å². The SMILES string of the molecule is Clc1ccccc1CNC1COCc2ccccc21. The van der Waals surface area contributed by atoms with Crippen molar-refractivity contribution in [3.05, 3.63) is 70.2 Å². The molecule has 98 valence electrons. The van der Waals surface area contributed by atoms with E-state index in [2.05, 4.69) is 29.6 Å². The summed E-state index contributed by atoms with van der Waals surface area (Å²) in [6.07, 6.45) is 0. The van der Waals surface area contributed by atoms with Gasteiger partial charge in [0.1, 0.15) is 0 Å². The third-order valence-electron chi connectivity index (χ3n) is 3.47. The molecule has 0 aromatic heterocycles. The molecule has 1 heterocycles. The van der Waals surface area contributed by atoms with Crippen LogP contribution in [0.5, 0.6) is 0 Å². The minimum absolute atomic E-state index is 0.237. The second-order valence-electron chi connectivity index (χ2n) is 4.74. The maximum atomic E-state index is 6.17. The molecule has 1 aliphatic heterocycles. The van der Waals surface area contributed by atoms with Gasteiger partial charge in [-0.15, -0.1) is 0 Å². The molecule has 0 radical (unpaired) electrons. The van der Waals surface area contributed by atoms with Crippen molar-refractivity contribution in [1.82, 2.24) is 5.32 Å². The number of halogens is 1. The van der Waals surface area contributed by atoms with Crippen molar-refractivity contribution in [2.75, 3.05) is 6.61 Å². The molecule has 0 saturated carbocycles. The number of hydrogen-bond donors (Lipinski definition) is 1. The molecule has 0 aliphatic carbocycles. The van der Waals surface area contributed by atoms with Gasteiger partial charge in [-0.1, -0.05) is 54.1 Å². The summed E-state index contributed by atoms with van der Waals surface area (Å²) in [5, 5.41) is 4.33. The van der Waals surface area contributed by atoms with E-state index in [9.17, 15) is 0 Å². The van der Waals surface area contributed by atoms with Crippen LogP contribution >= 0.6 is 11.6 Å². The summed E-state index contributed by atoms with van der Waals surface area (Å²) in [4.78, 5) is 0. The average Bonchev–Trinajstić information content (AvgIpc) is 2.46. The lowest BCUT2D eigenvalue weighted by atomic mass is 9.99. The maximum Gasteiger partial charge on any atom is 0.0721 e. The third-order valence-corrected chi connectivity index (χ3v) is 3.84. The van der Waals surface area contributed by atoms with Crippen LogP contribution in [-0.4, -0.2) is 6.61 Å². The van der Waals surface area contributed by atoms with Gasteiger partial charge in [0.25, 0.3) is 0 Å². The van der Waals surface area contributed by atoms with Gasteiger partial charge in [0.05, 0.1) is 19.3 Å². The molecule has 2 nitrogen and oxygen atoms in total. The number of benzene rings is 2. The highest BCUT2D eigenvalue weighted by Crippen LogP contribution is 2.25. The van der Waals surface area contributed by atoms with E-state index in [-0.39, 0.29) is 6.04 Å². The summed E-state index contributed by atoms with van der Waals surface area (Å²) in [6.45, 7) is 2.17. The largest absolute Gasteiger partial charge is 0.375 e. The fourth-order valence-electron chi connectivity index (χ4n) is 2.43. The predicted octanol–water partition coefficient (Wildman–Crippen LogP) is 3.70. The van der Waals surface area contributed by atoms with Gasteiger partial charge >= 0.3 is 0 Å². The molecule has 0 fully saturated rings. The molecule has 0 bridgehead atoms. The lowest BCUT2D eigenvalue weighted by molar-refractivity contribution is 0.0817. The van der Waals surface area contributed by atoms with Crippen LogP contribution in [0.4, 0.5) is 0 Å². The van der Waals surface area contributed by atoms with Crippen molar-refractivity contribution in [1.29, 1.82) is 0 Å². The first-order valence-corrected chi connectivity index (χ1v) is 6.85. The smallest absolute Gasteiger partial charge is 0.0721 e. The maximum absolute atomic E-state index is 6.17. The molecule has 2 aromatic carbocycles. The lowest BCUT2D eigenvalue weighted by Crippen LogP contribution is -2.29. The van der Waals surface area contributed by atoms with Gasteiger partial charge in [-0.3, -0.25) is 0 Å². The monoisotopic (exact) mass is 273 g/mol. The van der Waals surface area contributed by atoms with Gasteiger partial charge < -0.3 is 10.1 Å². The molecule has 1 N–H and O–H groups in total. The van der Waals surface area contributed by atoms with Crippen LogP contribution in [0.15, 0.2) is 48.5 Å². The molecular weight excluding hydrogens is 258 g/mol. The minimum Gasteiger partial charge on any atom is -0.375 e. The van der Waals surface area contributed by atoms with Gasteiger partial charge in [-0.2, -0.15) is 0 Å². The Hall–Kier alpha value is -1.35. The van der Waals surface area contributed by atoms with E-state index in [0.29, 0.717) is 13.2 Å². The molecule has 3 rings (SSSR count). The molecule has 1 aliphatic rings. The second-order valence-corrected chi connectivity index (χ2v) is 5.15. The highest BCUT2D eigenvalue weighted by atomic mass is 35.5. The van der Waals surface area contributed by atoms with E-state index < -0.39 is 0 Å². The van der Waals surface area contributed by atoms with Crippen molar-refractivity contribution >= 4 is 11.6 Å². The van der Waals surface area contributed by atoms with Crippen LogP contribution < -0.4 is 5.32 Å². The van der Waals surface area contributed by atoms with E-state index in [1.807, 2.05) is 24.3 Å². The third kappa shape index (κ3) is 2.81. The highest BCUT2D eigenvalue weighted by molar-refractivity contribution is 6.31. The summed E-state index contributed by atoms with van der Waals surface area (Å²) in [5.74, 6) is 0. The molecule has 0 saturated heterocycles. The molecule has 2 aromatic rings. The Morgan fingerprint density at radius 2 is 1.89 bits per heavy atom. The Bertz CT molecular complexity index is 570. The molecule has 19 heavy (non-hydrogen) atoms. The zero-order valence-electron chi connectivity index (χ0n) is 10.6. The van der Waals surface area contributed by atoms with Crippen molar-refractivity contribution < 1.29 is 4.74 Å². The molecule has 0 spiro atoms. The van der Waals surface area contributed by atoms with E-state index >= 15 is 0 Å². The summed E-state index contributed by atoms with van der Waals surface area (Å²) >= 11 is 6.17. The minimum atomic E-state index is 0.237. The van der Waals surface area contributed by atoms with Gasteiger partial charge in [0, 0.05) is 11.6 Å². The van der Waals surface area contributed by atoms with Crippen LogP contribution in [-0.2, 0) is 17.9 Å². The van der Waals surface area contributed by atoms with E-state index in [0.717, 1.165) is 17.1 Å². The predicted molar refractivity (Wildman–Crippen MR) is 77.1 cm³/mol. The fraction of sp³-hybridized carbons (Fsp3) is 0.250. The Morgan fingerprint density at radius 1 is 1.11 bits per heavy atom. The zero-order valence-corrected chi connectivity index (χ0v) is 11.4. The van der Waals surface area contributed by atoms with Crippen LogP contribution in [0.1, 0.15) is 22.7 Å². The van der Waals surface area contributed by atoms with Gasteiger partial charge in [-0.25, -0.2) is 0 Å². The molecule has 1 unspecified atom stereocenters. The number of nitrogens with one attached hydrogen (secondary N) is 1. The fourth-order valence-corrected chi connectivity index (χ4v) is 2.63. The Morgan fingerprint density at radius 3 is 2.79 bits per heavy atom. The molecular formula is C16H16ClNO. The van der Waals surface area contributed by atoms with Crippen LogP contribution in [0, 0.1) is 0 Å². The molecule has 3 heteroatoms. The number of fused-ring (bicyclic) bond motifs is 1. The topological polar surface area (TPSA) is 21.3 Å². The van der Waals surface area contributed by atoms with Gasteiger partial charge in [-0.05, 0) is 22.8 Å². The van der Waals surface area contributed by atoms with E-state index in [1.54, 1.807) is 0 Å². The standard InChI is InChI=1S/C16H16ClNO/c17-15-8-4-2-5-12(15)9-18-16-11-19-10-13-6-1-3-7-14(13)16/h1-8,16,18H,9-11H2. The summed E-state index contributed by atoms with van der Waals surface area (Å²) in [6, 6.07) is 16.6. The first kappa shape index (κ1) is 12.7. The molecule has 0 amide bonds. The van der Waals surface area contributed by atoms with Crippen LogP contribution in [0.25, 0.3) is 0 Å². The van der Waals surface area contributed by atoms with Crippen LogP contribution in [0.3, 0.4) is 0 Å². The Balaban J connectivity index is 1.73. The Labute approximate surface area is 118 Å². The van der Waals surface area contributed by atoms with Crippen molar-refractivity contribution in [2.45, 2.75) is 19.2 Å². The Kier molecular flexibility index (Phi) is 3.83. The van der Waals surface area contributed by atoms with Gasteiger partial charge in [0.2, 0.25) is 0 Å². The average molecular weight is 274 g/mol. The molecule has 1 atom stereocenters. The first-order chi connectivity index (χ1) is 9.34. The van der Waals surface area contributed by atoms with E-state index in [1.165, 1.54) is 11.1 Å². The normalized spacial score (nSPS) is 18.1. The number of ether oxygens (including phenoxy) is 1. The summed E-state index contributed by atoms with van der Waals surface area (Å²) in [7, 11) is 0. The zero-order chi connectivity index (χ0) is 13.1. The quantitative estimate of drug-likeness (QED) is 0.921. The number of hydrogen-bond acceptors (Lipinski definition) is 2. The summed E-state index contributed by atoms with van der Waals surface area (Å²) < 4.78 is 5.63. The van der Waals surface area contributed by atoms with Crippen LogP contribution in [0.2, 0.25) is 5.02 Å².